The molecule has 6 nitrogen and oxygen atoms in total. The zero-order valence-corrected chi connectivity index (χ0v) is 10.9. The van der Waals surface area contributed by atoms with E-state index in [2.05, 4.69) is 26.7 Å². The number of amides is 2. The van der Waals surface area contributed by atoms with E-state index < -0.39 is 0 Å². The van der Waals surface area contributed by atoms with Crippen molar-refractivity contribution in [3.8, 4) is 12.3 Å². The Kier molecular flexibility index (Phi) is 5.18. The SMILES string of the molecule is C#CC(NC(=O)NCCc1nc(C)no1)C(C)C. The third-order valence-electron chi connectivity index (χ3n) is 2.33. The average molecular weight is 250 g/mol. The van der Waals surface area contributed by atoms with Gasteiger partial charge in [0.2, 0.25) is 5.89 Å². The van der Waals surface area contributed by atoms with Crippen LogP contribution >= 0.6 is 0 Å². The van der Waals surface area contributed by atoms with Crippen molar-refractivity contribution >= 4 is 6.03 Å². The summed E-state index contributed by atoms with van der Waals surface area (Å²) >= 11 is 0. The van der Waals surface area contributed by atoms with Gasteiger partial charge in [0.15, 0.2) is 5.82 Å². The Labute approximate surface area is 107 Å². The van der Waals surface area contributed by atoms with Gasteiger partial charge in [-0.2, -0.15) is 4.98 Å². The van der Waals surface area contributed by atoms with Crippen LogP contribution in [0.1, 0.15) is 25.6 Å². The van der Waals surface area contributed by atoms with Crippen LogP contribution in [0.2, 0.25) is 0 Å². The van der Waals surface area contributed by atoms with Crippen molar-refractivity contribution in [2.75, 3.05) is 6.54 Å². The zero-order valence-electron chi connectivity index (χ0n) is 10.9. The molecule has 0 saturated carbocycles. The first kappa shape index (κ1) is 14.0. The molecule has 0 aliphatic carbocycles. The molecule has 1 aromatic heterocycles. The van der Waals surface area contributed by atoms with E-state index in [-0.39, 0.29) is 18.0 Å². The molecule has 0 bridgehead atoms. The lowest BCUT2D eigenvalue weighted by molar-refractivity contribution is 0.236. The number of hydrogen-bond acceptors (Lipinski definition) is 4. The highest BCUT2D eigenvalue weighted by Crippen LogP contribution is 1.99. The topological polar surface area (TPSA) is 80.0 Å². The van der Waals surface area contributed by atoms with E-state index in [0.29, 0.717) is 24.7 Å². The van der Waals surface area contributed by atoms with Crippen LogP contribution in [-0.4, -0.2) is 28.8 Å². The van der Waals surface area contributed by atoms with Gasteiger partial charge in [-0.25, -0.2) is 4.79 Å². The van der Waals surface area contributed by atoms with Gasteiger partial charge in [-0.3, -0.25) is 0 Å². The number of nitrogens with one attached hydrogen (secondary N) is 2. The number of nitrogens with zero attached hydrogens (tertiary/aromatic N) is 2. The lowest BCUT2D eigenvalue weighted by atomic mass is 10.1. The maximum absolute atomic E-state index is 11.5. The summed E-state index contributed by atoms with van der Waals surface area (Å²) < 4.78 is 4.92. The number of urea groups is 1. The van der Waals surface area contributed by atoms with Gasteiger partial charge in [0.1, 0.15) is 0 Å². The average Bonchev–Trinajstić information content (AvgIpc) is 2.71. The van der Waals surface area contributed by atoms with Gasteiger partial charge in [-0.15, -0.1) is 6.42 Å². The molecule has 2 N–H and O–H groups in total. The number of hydrogen-bond donors (Lipinski definition) is 2. The minimum absolute atomic E-state index is 0.194. The third-order valence-corrected chi connectivity index (χ3v) is 2.33. The number of aryl methyl sites for hydroxylation is 1. The first-order chi connectivity index (χ1) is 8.52. The summed E-state index contributed by atoms with van der Waals surface area (Å²) in [5.74, 6) is 3.81. The second kappa shape index (κ2) is 6.64. The van der Waals surface area contributed by atoms with Crippen molar-refractivity contribution in [1.29, 1.82) is 0 Å². The maximum atomic E-state index is 11.5. The molecule has 0 radical (unpaired) electrons. The number of rotatable bonds is 5. The highest BCUT2D eigenvalue weighted by atomic mass is 16.5. The molecule has 18 heavy (non-hydrogen) atoms. The van der Waals surface area contributed by atoms with Gasteiger partial charge < -0.3 is 15.2 Å². The van der Waals surface area contributed by atoms with Crippen LogP contribution in [-0.2, 0) is 6.42 Å². The molecule has 0 spiro atoms. The van der Waals surface area contributed by atoms with E-state index in [1.807, 2.05) is 13.8 Å². The van der Waals surface area contributed by atoms with Gasteiger partial charge in [-0.05, 0) is 12.8 Å². The monoisotopic (exact) mass is 250 g/mol. The molecule has 1 rings (SSSR count). The van der Waals surface area contributed by atoms with E-state index >= 15 is 0 Å². The molecule has 1 heterocycles. The van der Waals surface area contributed by atoms with Crippen LogP contribution < -0.4 is 10.6 Å². The van der Waals surface area contributed by atoms with Crippen LogP contribution in [0.5, 0.6) is 0 Å². The summed E-state index contributed by atoms with van der Waals surface area (Å²) in [6.45, 7) is 6.06. The van der Waals surface area contributed by atoms with E-state index in [0.717, 1.165) is 0 Å². The minimum atomic E-state index is -0.289. The Morgan fingerprint density at radius 1 is 1.56 bits per heavy atom. The Morgan fingerprint density at radius 2 is 2.28 bits per heavy atom. The number of aromatic nitrogens is 2. The van der Waals surface area contributed by atoms with E-state index in [4.69, 9.17) is 10.9 Å². The van der Waals surface area contributed by atoms with Crippen LogP contribution in [0.3, 0.4) is 0 Å². The standard InChI is InChI=1S/C12H18N4O2/c1-5-10(8(2)3)15-12(17)13-7-6-11-14-9(4)16-18-11/h1,8,10H,6-7H2,2-4H3,(H2,13,15,17). The van der Waals surface area contributed by atoms with Crippen LogP contribution in [0.4, 0.5) is 4.79 Å². The van der Waals surface area contributed by atoms with Gasteiger partial charge in [-0.1, -0.05) is 24.9 Å². The van der Waals surface area contributed by atoms with Gasteiger partial charge in [0.25, 0.3) is 0 Å². The Balaban J connectivity index is 2.27. The van der Waals surface area contributed by atoms with Gasteiger partial charge >= 0.3 is 6.03 Å². The lowest BCUT2D eigenvalue weighted by Gasteiger charge is -2.16. The Morgan fingerprint density at radius 3 is 2.78 bits per heavy atom. The van der Waals surface area contributed by atoms with Crippen LogP contribution in [0, 0.1) is 25.2 Å². The maximum Gasteiger partial charge on any atom is 0.315 e. The molecule has 1 aromatic rings. The lowest BCUT2D eigenvalue weighted by Crippen LogP contribution is -2.44. The van der Waals surface area contributed by atoms with Gasteiger partial charge in [0.05, 0.1) is 6.04 Å². The van der Waals surface area contributed by atoms with Crippen molar-refractivity contribution in [2.24, 2.45) is 5.92 Å². The summed E-state index contributed by atoms with van der Waals surface area (Å²) in [6.07, 6.45) is 5.82. The molecule has 6 heteroatoms. The molecular formula is C12H18N4O2. The molecule has 0 fully saturated rings. The molecule has 0 aliphatic heterocycles. The zero-order chi connectivity index (χ0) is 13.5. The Bertz CT molecular complexity index is 434. The fraction of sp³-hybridized carbons (Fsp3) is 0.583. The van der Waals surface area contributed by atoms with E-state index in [1.165, 1.54) is 0 Å². The summed E-state index contributed by atoms with van der Waals surface area (Å²) in [5.41, 5.74) is 0. The predicted molar refractivity (Wildman–Crippen MR) is 66.7 cm³/mol. The highest BCUT2D eigenvalue weighted by Gasteiger charge is 2.12. The fourth-order valence-corrected chi connectivity index (χ4v) is 1.32. The summed E-state index contributed by atoms with van der Waals surface area (Å²) in [6, 6.07) is -0.557. The Hall–Kier alpha value is -2.03. The second-order valence-electron chi connectivity index (χ2n) is 4.27. The summed E-state index contributed by atoms with van der Waals surface area (Å²) in [5, 5.41) is 9.05. The van der Waals surface area contributed by atoms with Crippen molar-refractivity contribution in [1.82, 2.24) is 20.8 Å². The molecule has 1 unspecified atom stereocenters. The molecular weight excluding hydrogens is 232 g/mol. The van der Waals surface area contributed by atoms with E-state index in [1.54, 1.807) is 6.92 Å². The first-order valence-corrected chi connectivity index (χ1v) is 5.82. The predicted octanol–water partition coefficient (Wildman–Crippen LogP) is 0.878. The number of terminal acetylenes is 1. The molecule has 1 atom stereocenters. The molecule has 0 saturated heterocycles. The summed E-state index contributed by atoms with van der Waals surface area (Å²) in [4.78, 5) is 15.6. The number of carbonyl (C=O) groups excluding carboxylic acids is 1. The van der Waals surface area contributed by atoms with Crippen molar-refractivity contribution in [3.63, 3.8) is 0 Å². The number of carbonyl (C=O) groups is 1. The smallest absolute Gasteiger partial charge is 0.315 e. The summed E-state index contributed by atoms with van der Waals surface area (Å²) in [7, 11) is 0. The van der Waals surface area contributed by atoms with Crippen molar-refractivity contribution < 1.29 is 9.32 Å². The first-order valence-electron chi connectivity index (χ1n) is 5.82. The third kappa shape index (κ3) is 4.45. The molecule has 2 amide bonds. The normalized spacial score (nSPS) is 11.9. The molecule has 0 aromatic carbocycles. The minimum Gasteiger partial charge on any atom is -0.339 e. The molecule has 98 valence electrons. The second-order valence-corrected chi connectivity index (χ2v) is 4.27. The van der Waals surface area contributed by atoms with Gasteiger partial charge in [0, 0.05) is 13.0 Å². The van der Waals surface area contributed by atoms with Crippen LogP contribution in [0.15, 0.2) is 4.52 Å². The van der Waals surface area contributed by atoms with E-state index in [9.17, 15) is 4.79 Å². The van der Waals surface area contributed by atoms with Crippen molar-refractivity contribution in [3.05, 3.63) is 11.7 Å². The largest absolute Gasteiger partial charge is 0.339 e. The van der Waals surface area contributed by atoms with Crippen LogP contribution in [0.25, 0.3) is 0 Å². The molecule has 0 aliphatic rings. The highest BCUT2D eigenvalue weighted by molar-refractivity contribution is 5.74. The van der Waals surface area contributed by atoms with Crippen molar-refractivity contribution in [2.45, 2.75) is 33.2 Å². The quantitative estimate of drug-likeness (QED) is 0.760. The fourth-order valence-electron chi connectivity index (χ4n) is 1.32.